The summed E-state index contributed by atoms with van der Waals surface area (Å²) in [4.78, 5) is 0. The summed E-state index contributed by atoms with van der Waals surface area (Å²) in [7, 11) is 1.53. The lowest BCUT2D eigenvalue weighted by Crippen LogP contribution is -2.18. The van der Waals surface area contributed by atoms with Gasteiger partial charge in [0.05, 0.1) is 11.6 Å². The van der Waals surface area contributed by atoms with Crippen molar-refractivity contribution in [2.24, 2.45) is 5.73 Å². The Morgan fingerprint density at radius 3 is 2.64 bits per heavy atom. The van der Waals surface area contributed by atoms with Crippen LogP contribution in [-0.4, -0.2) is 12.2 Å². The number of aromatic hydroxyl groups is 1. The van der Waals surface area contributed by atoms with E-state index in [1.165, 1.54) is 7.11 Å². The summed E-state index contributed by atoms with van der Waals surface area (Å²) >= 11 is 3.30. The highest BCUT2D eigenvalue weighted by molar-refractivity contribution is 9.10. The van der Waals surface area contributed by atoms with Gasteiger partial charge in [-0.2, -0.15) is 0 Å². The van der Waals surface area contributed by atoms with E-state index in [-0.39, 0.29) is 11.3 Å². The molecule has 0 amide bonds. The van der Waals surface area contributed by atoms with Crippen molar-refractivity contribution in [3.63, 3.8) is 0 Å². The van der Waals surface area contributed by atoms with Gasteiger partial charge in [-0.25, -0.2) is 0 Å². The summed E-state index contributed by atoms with van der Waals surface area (Å²) in [5, 5.41) is 9.91. The molecule has 1 saturated carbocycles. The van der Waals surface area contributed by atoms with Crippen molar-refractivity contribution in [2.45, 2.75) is 18.4 Å². The van der Waals surface area contributed by atoms with Gasteiger partial charge in [0, 0.05) is 11.1 Å². The van der Waals surface area contributed by atoms with Crippen molar-refractivity contribution < 1.29 is 9.84 Å². The second-order valence-electron chi connectivity index (χ2n) is 3.63. The SMILES string of the molecule is COc1c(Br)ccc(C2(N)CC2)c1O. The highest BCUT2D eigenvalue weighted by atomic mass is 79.9. The van der Waals surface area contributed by atoms with E-state index < -0.39 is 0 Å². The second-order valence-corrected chi connectivity index (χ2v) is 4.49. The third kappa shape index (κ3) is 1.38. The molecule has 0 heterocycles. The van der Waals surface area contributed by atoms with Gasteiger partial charge >= 0.3 is 0 Å². The van der Waals surface area contributed by atoms with Gasteiger partial charge in [0.15, 0.2) is 11.5 Å². The molecule has 0 aliphatic heterocycles. The van der Waals surface area contributed by atoms with Crippen LogP contribution in [-0.2, 0) is 5.54 Å². The number of methoxy groups -OCH3 is 1. The Morgan fingerprint density at radius 2 is 2.14 bits per heavy atom. The molecule has 1 aliphatic carbocycles. The molecule has 3 N–H and O–H groups in total. The third-order valence-electron chi connectivity index (χ3n) is 2.61. The maximum Gasteiger partial charge on any atom is 0.175 e. The van der Waals surface area contributed by atoms with Crippen LogP contribution in [0.1, 0.15) is 18.4 Å². The van der Waals surface area contributed by atoms with Crippen LogP contribution in [0.4, 0.5) is 0 Å². The van der Waals surface area contributed by atoms with Gasteiger partial charge in [0.1, 0.15) is 0 Å². The molecule has 0 unspecified atom stereocenters. The summed E-state index contributed by atoms with van der Waals surface area (Å²) in [5.41, 5.74) is 6.45. The van der Waals surface area contributed by atoms with E-state index >= 15 is 0 Å². The van der Waals surface area contributed by atoms with Gasteiger partial charge in [-0.1, -0.05) is 6.07 Å². The minimum Gasteiger partial charge on any atom is -0.504 e. The van der Waals surface area contributed by atoms with Crippen LogP contribution in [0.15, 0.2) is 16.6 Å². The van der Waals surface area contributed by atoms with E-state index in [4.69, 9.17) is 10.5 Å². The standard InChI is InChI=1S/C10H12BrNO2/c1-14-9-7(11)3-2-6(8(9)13)10(12)4-5-10/h2-3,13H,4-5,12H2,1H3. The quantitative estimate of drug-likeness (QED) is 0.854. The van der Waals surface area contributed by atoms with Crippen LogP contribution in [0.25, 0.3) is 0 Å². The maximum absolute atomic E-state index is 9.91. The van der Waals surface area contributed by atoms with Crippen LogP contribution in [0.3, 0.4) is 0 Å². The summed E-state index contributed by atoms with van der Waals surface area (Å²) < 4.78 is 5.83. The van der Waals surface area contributed by atoms with E-state index in [0.29, 0.717) is 5.75 Å². The van der Waals surface area contributed by atoms with Gasteiger partial charge in [-0.3, -0.25) is 0 Å². The number of phenols is 1. The predicted octanol–water partition coefficient (Wildman–Crippen LogP) is 2.11. The number of hydrogen-bond acceptors (Lipinski definition) is 3. The first-order chi connectivity index (χ1) is 6.58. The zero-order valence-electron chi connectivity index (χ0n) is 7.88. The van der Waals surface area contributed by atoms with E-state index in [1.54, 1.807) is 0 Å². The molecular weight excluding hydrogens is 246 g/mol. The number of hydrogen-bond donors (Lipinski definition) is 2. The molecule has 1 fully saturated rings. The number of halogens is 1. The minimum atomic E-state index is -0.335. The zero-order valence-corrected chi connectivity index (χ0v) is 9.47. The van der Waals surface area contributed by atoms with Crippen LogP contribution >= 0.6 is 15.9 Å². The minimum absolute atomic E-state index is 0.155. The average molecular weight is 258 g/mol. The molecule has 1 aromatic rings. The normalized spacial score (nSPS) is 17.9. The zero-order chi connectivity index (χ0) is 10.3. The van der Waals surface area contributed by atoms with Crippen molar-refractivity contribution in [1.29, 1.82) is 0 Å². The highest BCUT2D eigenvalue weighted by Gasteiger charge is 2.42. The molecule has 0 bridgehead atoms. The molecular formula is C10H12BrNO2. The summed E-state index contributed by atoms with van der Waals surface area (Å²) in [5.74, 6) is 0.612. The van der Waals surface area contributed by atoms with Crippen molar-refractivity contribution in [2.75, 3.05) is 7.11 Å². The Bertz CT molecular complexity index is 375. The highest BCUT2D eigenvalue weighted by Crippen LogP contribution is 2.50. The van der Waals surface area contributed by atoms with Crippen LogP contribution in [0, 0.1) is 0 Å². The summed E-state index contributed by atoms with van der Waals surface area (Å²) in [6, 6.07) is 3.69. The number of rotatable bonds is 2. The molecule has 14 heavy (non-hydrogen) atoms. The van der Waals surface area contributed by atoms with Crippen molar-refractivity contribution in [3.8, 4) is 11.5 Å². The van der Waals surface area contributed by atoms with Crippen LogP contribution in [0.2, 0.25) is 0 Å². The summed E-state index contributed by atoms with van der Waals surface area (Å²) in [6.07, 6.45) is 1.84. The van der Waals surface area contributed by atoms with Crippen LogP contribution < -0.4 is 10.5 Å². The Labute approximate surface area is 91.0 Å². The molecule has 1 aromatic carbocycles. The fraction of sp³-hybridized carbons (Fsp3) is 0.400. The lowest BCUT2D eigenvalue weighted by molar-refractivity contribution is 0.365. The maximum atomic E-state index is 9.91. The molecule has 0 aromatic heterocycles. The fourth-order valence-corrected chi connectivity index (χ4v) is 2.03. The number of phenolic OH excluding ortho intramolecular Hbond substituents is 1. The van der Waals surface area contributed by atoms with Gasteiger partial charge in [-0.05, 0) is 34.8 Å². The molecule has 2 rings (SSSR count). The number of benzene rings is 1. The second kappa shape index (κ2) is 3.14. The van der Waals surface area contributed by atoms with Crippen LogP contribution in [0.5, 0.6) is 11.5 Å². The van der Waals surface area contributed by atoms with E-state index in [9.17, 15) is 5.11 Å². The lowest BCUT2D eigenvalue weighted by Gasteiger charge is -2.14. The predicted molar refractivity (Wildman–Crippen MR) is 57.5 cm³/mol. The Morgan fingerprint density at radius 1 is 1.50 bits per heavy atom. The first kappa shape index (κ1) is 9.80. The Balaban J connectivity index is 2.53. The molecule has 0 saturated heterocycles. The van der Waals surface area contributed by atoms with Gasteiger partial charge in [-0.15, -0.1) is 0 Å². The number of nitrogens with two attached hydrogens (primary N) is 1. The van der Waals surface area contributed by atoms with E-state index in [1.807, 2.05) is 12.1 Å². The average Bonchev–Trinajstić information content (AvgIpc) is 2.85. The Kier molecular flexibility index (Phi) is 2.20. The smallest absolute Gasteiger partial charge is 0.175 e. The van der Waals surface area contributed by atoms with E-state index in [0.717, 1.165) is 22.9 Å². The van der Waals surface area contributed by atoms with Crippen molar-refractivity contribution >= 4 is 15.9 Å². The van der Waals surface area contributed by atoms with Gasteiger partial charge in [0.25, 0.3) is 0 Å². The Hall–Kier alpha value is -0.740. The molecule has 0 radical (unpaired) electrons. The topological polar surface area (TPSA) is 55.5 Å². The molecule has 0 spiro atoms. The third-order valence-corrected chi connectivity index (χ3v) is 3.24. The molecule has 0 atom stereocenters. The molecule has 76 valence electrons. The molecule has 1 aliphatic rings. The van der Waals surface area contributed by atoms with Crippen molar-refractivity contribution in [1.82, 2.24) is 0 Å². The molecule has 3 nitrogen and oxygen atoms in total. The number of ether oxygens (including phenoxy) is 1. The largest absolute Gasteiger partial charge is 0.504 e. The van der Waals surface area contributed by atoms with Gasteiger partial charge < -0.3 is 15.6 Å². The first-order valence-electron chi connectivity index (χ1n) is 4.43. The monoisotopic (exact) mass is 257 g/mol. The first-order valence-corrected chi connectivity index (χ1v) is 5.22. The van der Waals surface area contributed by atoms with Gasteiger partial charge in [0.2, 0.25) is 0 Å². The fourth-order valence-electron chi connectivity index (χ4n) is 1.55. The van der Waals surface area contributed by atoms with Crippen molar-refractivity contribution in [3.05, 3.63) is 22.2 Å². The summed E-state index contributed by atoms with van der Waals surface area (Å²) in [6.45, 7) is 0. The van der Waals surface area contributed by atoms with E-state index in [2.05, 4.69) is 15.9 Å². The molecule has 4 heteroatoms. The lowest BCUT2D eigenvalue weighted by atomic mass is 10.0.